The fourth-order valence-electron chi connectivity index (χ4n) is 3.52. The summed E-state index contributed by atoms with van der Waals surface area (Å²) < 4.78 is 5.53. The normalized spacial score (nSPS) is 19.8. The summed E-state index contributed by atoms with van der Waals surface area (Å²) in [6, 6.07) is 5.40. The average Bonchev–Trinajstić information content (AvgIpc) is 3.13. The summed E-state index contributed by atoms with van der Waals surface area (Å²) in [5.74, 6) is 0.782. The highest BCUT2D eigenvalue weighted by atomic mass is 16.4. The van der Waals surface area contributed by atoms with E-state index in [1.54, 1.807) is 18.3 Å². The van der Waals surface area contributed by atoms with Crippen molar-refractivity contribution in [3.63, 3.8) is 0 Å². The van der Waals surface area contributed by atoms with Gasteiger partial charge >= 0.3 is 5.97 Å². The minimum atomic E-state index is -0.774. The van der Waals surface area contributed by atoms with Gasteiger partial charge in [-0.25, -0.2) is 9.88 Å². The molecule has 0 radical (unpaired) electrons. The number of hydrogen-bond acceptors (Lipinski definition) is 5. The molecular weight excluding hydrogens is 346 g/mol. The molecule has 0 aliphatic heterocycles. The molecular formula is C20H25N3O4. The minimum Gasteiger partial charge on any atom is -0.481 e. The van der Waals surface area contributed by atoms with E-state index in [0.717, 1.165) is 12.8 Å². The van der Waals surface area contributed by atoms with Crippen LogP contribution in [0.15, 0.2) is 35.1 Å². The lowest BCUT2D eigenvalue weighted by Gasteiger charge is -2.30. The molecule has 1 aliphatic carbocycles. The quantitative estimate of drug-likeness (QED) is 0.820. The van der Waals surface area contributed by atoms with Crippen LogP contribution in [-0.2, 0) is 9.59 Å². The Bertz CT molecular complexity index is 780. The monoisotopic (exact) mass is 371 g/mol. The fraction of sp³-hybridized carbons (Fsp3) is 0.500. The molecule has 1 aliphatic rings. The summed E-state index contributed by atoms with van der Waals surface area (Å²) >= 11 is 0. The van der Waals surface area contributed by atoms with E-state index in [2.05, 4.69) is 9.97 Å². The van der Waals surface area contributed by atoms with Crippen molar-refractivity contribution in [2.24, 2.45) is 11.8 Å². The zero-order valence-corrected chi connectivity index (χ0v) is 15.7. The molecule has 0 saturated heterocycles. The average molecular weight is 371 g/mol. The molecule has 1 N–H and O–H groups in total. The van der Waals surface area contributed by atoms with Gasteiger partial charge in [-0.3, -0.25) is 9.59 Å². The molecule has 2 heterocycles. The van der Waals surface area contributed by atoms with Crippen molar-refractivity contribution in [2.45, 2.75) is 51.9 Å². The Morgan fingerprint density at radius 2 is 1.96 bits per heavy atom. The second-order valence-electron chi connectivity index (χ2n) is 7.38. The van der Waals surface area contributed by atoms with E-state index in [1.807, 2.05) is 19.9 Å². The van der Waals surface area contributed by atoms with Crippen LogP contribution in [0.2, 0.25) is 0 Å². The predicted octanol–water partition coefficient (Wildman–Crippen LogP) is 4.14. The molecule has 1 amide bonds. The van der Waals surface area contributed by atoms with Crippen LogP contribution >= 0.6 is 0 Å². The molecule has 2 aromatic heterocycles. The van der Waals surface area contributed by atoms with Crippen molar-refractivity contribution >= 4 is 23.5 Å². The predicted molar refractivity (Wildman–Crippen MR) is 99.7 cm³/mol. The summed E-state index contributed by atoms with van der Waals surface area (Å²) in [5.41, 5.74) is 0. The van der Waals surface area contributed by atoms with Gasteiger partial charge in [0.25, 0.3) is 0 Å². The Morgan fingerprint density at radius 3 is 2.52 bits per heavy atom. The highest BCUT2D eigenvalue weighted by Gasteiger charge is 2.33. The summed E-state index contributed by atoms with van der Waals surface area (Å²) in [6.07, 6.45) is 6.15. The summed E-state index contributed by atoms with van der Waals surface area (Å²) in [7, 11) is 0. The van der Waals surface area contributed by atoms with E-state index in [0.29, 0.717) is 30.4 Å². The van der Waals surface area contributed by atoms with Gasteiger partial charge in [0.2, 0.25) is 5.91 Å². The van der Waals surface area contributed by atoms with Crippen LogP contribution in [0.25, 0.3) is 0 Å². The number of nitrogens with zero attached hydrogens (tertiary/aromatic N) is 3. The number of carboxylic acid groups (broad SMARTS) is 1. The lowest BCUT2D eigenvalue weighted by molar-refractivity contribution is -0.138. The lowest BCUT2D eigenvalue weighted by Crippen LogP contribution is -2.35. The van der Waals surface area contributed by atoms with E-state index in [4.69, 9.17) is 9.52 Å². The summed E-state index contributed by atoms with van der Waals surface area (Å²) in [4.78, 5) is 34.5. The molecule has 2 aromatic rings. The number of aliphatic carboxylic acids is 1. The maximum Gasteiger partial charge on any atom is 0.303 e. The lowest BCUT2D eigenvalue weighted by atomic mass is 9.80. The SMILES string of the molecule is CC(C)c1nc(N(C(=O)C2CCC(CC(=O)O)CC2)c2ccccn2)co1. The van der Waals surface area contributed by atoms with Crippen LogP contribution in [0.5, 0.6) is 0 Å². The molecule has 144 valence electrons. The Hall–Kier alpha value is -2.70. The van der Waals surface area contributed by atoms with Crippen LogP contribution in [0.3, 0.4) is 0 Å². The molecule has 7 nitrogen and oxygen atoms in total. The number of anilines is 2. The topological polar surface area (TPSA) is 96.5 Å². The molecule has 3 rings (SSSR count). The first-order valence-corrected chi connectivity index (χ1v) is 9.38. The van der Waals surface area contributed by atoms with Gasteiger partial charge in [0, 0.05) is 24.5 Å². The minimum absolute atomic E-state index is 0.0638. The molecule has 0 unspecified atom stereocenters. The molecule has 0 bridgehead atoms. The van der Waals surface area contributed by atoms with Gasteiger partial charge in [0.05, 0.1) is 0 Å². The second kappa shape index (κ2) is 8.33. The van der Waals surface area contributed by atoms with Gasteiger partial charge in [0.15, 0.2) is 11.7 Å². The van der Waals surface area contributed by atoms with Gasteiger partial charge in [-0.1, -0.05) is 19.9 Å². The van der Waals surface area contributed by atoms with E-state index in [1.165, 1.54) is 11.2 Å². The summed E-state index contributed by atoms with van der Waals surface area (Å²) in [6.45, 7) is 3.96. The van der Waals surface area contributed by atoms with Crippen molar-refractivity contribution < 1.29 is 19.1 Å². The zero-order valence-electron chi connectivity index (χ0n) is 15.7. The van der Waals surface area contributed by atoms with Crippen LogP contribution in [0.1, 0.15) is 57.8 Å². The van der Waals surface area contributed by atoms with Gasteiger partial charge in [-0.05, 0) is 43.7 Å². The van der Waals surface area contributed by atoms with Gasteiger partial charge in [-0.2, -0.15) is 4.98 Å². The number of amides is 1. The van der Waals surface area contributed by atoms with Crippen molar-refractivity contribution in [3.8, 4) is 0 Å². The Kier molecular flexibility index (Phi) is 5.88. The molecule has 27 heavy (non-hydrogen) atoms. The third kappa shape index (κ3) is 4.53. The highest BCUT2D eigenvalue weighted by Crippen LogP contribution is 2.35. The molecule has 0 spiro atoms. The number of carboxylic acids is 1. The zero-order chi connectivity index (χ0) is 19.4. The Labute approximate surface area is 158 Å². The number of carbonyl (C=O) groups excluding carboxylic acids is 1. The van der Waals surface area contributed by atoms with Crippen molar-refractivity contribution in [3.05, 3.63) is 36.5 Å². The van der Waals surface area contributed by atoms with Gasteiger partial charge in [-0.15, -0.1) is 0 Å². The number of carbonyl (C=O) groups is 2. The first kappa shape index (κ1) is 19.1. The Balaban J connectivity index is 1.81. The molecule has 1 fully saturated rings. The molecule has 0 aromatic carbocycles. The fourth-order valence-corrected chi connectivity index (χ4v) is 3.52. The number of rotatable bonds is 6. The standard InChI is InChI=1S/C20H25N3O4/c1-13(2)19-22-17(12-27-19)23(16-5-3-4-10-21-16)20(26)15-8-6-14(7-9-15)11-18(24)25/h3-5,10,12-15H,6-9,11H2,1-2H3,(H,24,25). The number of aromatic nitrogens is 2. The summed E-state index contributed by atoms with van der Waals surface area (Å²) in [5, 5.41) is 8.97. The first-order valence-electron chi connectivity index (χ1n) is 9.38. The van der Waals surface area contributed by atoms with E-state index in [9.17, 15) is 9.59 Å². The Morgan fingerprint density at radius 1 is 1.22 bits per heavy atom. The van der Waals surface area contributed by atoms with Gasteiger partial charge in [0.1, 0.15) is 12.1 Å². The van der Waals surface area contributed by atoms with Crippen LogP contribution in [0.4, 0.5) is 11.6 Å². The first-order chi connectivity index (χ1) is 13.0. The van der Waals surface area contributed by atoms with Crippen molar-refractivity contribution in [1.29, 1.82) is 0 Å². The number of hydrogen-bond donors (Lipinski definition) is 1. The number of pyridine rings is 1. The third-order valence-electron chi connectivity index (χ3n) is 4.99. The van der Waals surface area contributed by atoms with E-state index in [-0.39, 0.29) is 30.1 Å². The van der Waals surface area contributed by atoms with Crippen LogP contribution < -0.4 is 4.90 Å². The number of oxazole rings is 1. The van der Waals surface area contributed by atoms with Crippen molar-refractivity contribution in [2.75, 3.05) is 4.90 Å². The molecule has 0 atom stereocenters. The molecule has 7 heteroatoms. The maximum atomic E-state index is 13.3. The smallest absolute Gasteiger partial charge is 0.303 e. The van der Waals surface area contributed by atoms with Crippen molar-refractivity contribution in [1.82, 2.24) is 9.97 Å². The largest absolute Gasteiger partial charge is 0.481 e. The van der Waals surface area contributed by atoms with Gasteiger partial charge < -0.3 is 9.52 Å². The van der Waals surface area contributed by atoms with E-state index < -0.39 is 5.97 Å². The highest BCUT2D eigenvalue weighted by molar-refractivity contribution is 6.00. The van der Waals surface area contributed by atoms with E-state index >= 15 is 0 Å². The van der Waals surface area contributed by atoms with Crippen LogP contribution in [0, 0.1) is 11.8 Å². The molecule has 1 saturated carbocycles. The maximum absolute atomic E-state index is 13.3. The third-order valence-corrected chi connectivity index (χ3v) is 4.99. The second-order valence-corrected chi connectivity index (χ2v) is 7.38. The van der Waals surface area contributed by atoms with Crippen LogP contribution in [-0.4, -0.2) is 27.0 Å².